The van der Waals surface area contributed by atoms with Crippen molar-refractivity contribution in [3.05, 3.63) is 29.5 Å². The predicted molar refractivity (Wildman–Crippen MR) is 51.1 cm³/mol. The van der Waals surface area contributed by atoms with Crippen molar-refractivity contribution < 1.29 is 6.11 Å². The summed E-state index contributed by atoms with van der Waals surface area (Å²) >= 11 is 5.94. The number of halogens is 1. The third-order valence-electron chi connectivity index (χ3n) is 1.70. The summed E-state index contributed by atoms with van der Waals surface area (Å²) in [5, 5.41) is 1.06. The van der Waals surface area contributed by atoms with Gasteiger partial charge in [0.05, 0.1) is 25.2 Å². The average Bonchev–Trinajstić information content (AvgIpc) is 2.23. The minimum atomic E-state index is 0.201. The van der Waals surface area contributed by atoms with Crippen LogP contribution in [0.1, 0.15) is 1.37 Å². The largest absolute Gasteiger partial charge is 0.481 e. The highest BCUT2D eigenvalue weighted by Gasteiger charge is 2.01. The third kappa shape index (κ3) is 1.42. The summed E-state index contributed by atoms with van der Waals surface area (Å²) in [6.45, 7) is 0. The van der Waals surface area contributed by atoms with E-state index in [1.165, 1.54) is 13.3 Å². The molecule has 0 N–H and O–H groups in total. The summed E-state index contributed by atoms with van der Waals surface area (Å²) in [5.41, 5.74) is 0.659. The average molecular weight is 196 g/mol. The fourth-order valence-electron chi connectivity index (χ4n) is 1.06. The monoisotopic (exact) mass is 195 g/mol. The second kappa shape index (κ2) is 3.18. The Morgan fingerprint density at radius 3 is 3.15 bits per heavy atom. The van der Waals surface area contributed by atoms with Gasteiger partial charge in [0.1, 0.15) is 0 Å². The molecule has 2 rings (SSSR count). The number of pyridine rings is 2. The van der Waals surface area contributed by atoms with Gasteiger partial charge in [-0.25, -0.2) is 4.98 Å². The lowest BCUT2D eigenvalue weighted by molar-refractivity contribution is 0.398. The van der Waals surface area contributed by atoms with Crippen LogP contribution in [0.4, 0.5) is 0 Å². The summed E-state index contributed by atoms with van der Waals surface area (Å²) in [4.78, 5) is 8.02. The molecule has 0 amide bonds. The van der Waals surface area contributed by atoms with E-state index in [9.17, 15) is 0 Å². The predicted octanol–water partition coefficient (Wildman–Crippen LogP) is 2.29. The van der Waals surface area contributed by atoms with Crippen molar-refractivity contribution in [3.63, 3.8) is 0 Å². The molecule has 0 aliphatic carbocycles. The van der Waals surface area contributed by atoms with Gasteiger partial charge in [-0.1, -0.05) is 11.6 Å². The molecule has 4 heteroatoms. The van der Waals surface area contributed by atoms with E-state index in [0.29, 0.717) is 21.8 Å². The summed E-state index contributed by atoms with van der Waals surface area (Å²) in [6, 6.07) is 1.87. The highest BCUT2D eigenvalue weighted by Crippen LogP contribution is 2.23. The molecule has 0 fully saturated rings. The summed E-state index contributed by atoms with van der Waals surface area (Å²) in [6.07, 6.45) is 2.97. The molecular weight excluding hydrogens is 188 g/mol. The molecular formula is C9H7ClN2O. The maximum Gasteiger partial charge on any atom is 0.213 e. The first-order valence-corrected chi connectivity index (χ1v) is 4.05. The first-order valence-electron chi connectivity index (χ1n) is 4.17. The van der Waals surface area contributed by atoms with Crippen LogP contribution in [-0.2, 0) is 0 Å². The number of methoxy groups -OCH3 is 1. The van der Waals surface area contributed by atoms with E-state index < -0.39 is 0 Å². The van der Waals surface area contributed by atoms with Crippen molar-refractivity contribution in [2.75, 3.05) is 7.11 Å². The normalized spacial score (nSPS) is 11.4. The molecule has 2 aromatic heterocycles. The van der Waals surface area contributed by atoms with Crippen LogP contribution < -0.4 is 4.74 Å². The van der Waals surface area contributed by atoms with Crippen molar-refractivity contribution in [1.29, 1.82) is 0 Å². The maximum absolute atomic E-state index is 7.47. The molecule has 0 spiro atoms. The maximum atomic E-state index is 7.47. The quantitative estimate of drug-likeness (QED) is 0.701. The van der Waals surface area contributed by atoms with Gasteiger partial charge in [-0.3, -0.25) is 4.98 Å². The number of fused-ring (bicyclic) bond motifs is 1. The molecule has 0 aromatic carbocycles. The number of rotatable bonds is 1. The standard InChI is InChI=1S/C9H7ClN2O/c1-13-9-4-6-7(10)2-3-11-8(6)5-12-9/h2-5H,1H3/i2D. The Morgan fingerprint density at radius 2 is 2.38 bits per heavy atom. The Kier molecular flexibility index (Phi) is 1.74. The van der Waals surface area contributed by atoms with Crippen LogP contribution in [0.25, 0.3) is 10.9 Å². The second-order valence-electron chi connectivity index (χ2n) is 2.46. The van der Waals surface area contributed by atoms with Gasteiger partial charge in [-0.2, -0.15) is 0 Å². The van der Waals surface area contributed by atoms with Gasteiger partial charge in [-0.05, 0) is 6.04 Å². The van der Waals surface area contributed by atoms with E-state index >= 15 is 0 Å². The number of hydrogen-bond acceptors (Lipinski definition) is 3. The Balaban J connectivity index is 2.78. The lowest BCUT2D eigenvalue weighted by Gasteiger charge is -2.01. The molecule has 0 saturated carbocycles. The zero-order chi connectivity index (χ0) is 10.1. The summed E-state index contributed by atoms with van der Waals surface area (Å²) in [5.74, 6) is 0.465. The molecule has 0 bridgehead atoms. The van der Waals surface area contributed by atoms with Gasteiger partial charge in [0.25, 0.3) is 0 Å². The van der Waals surface area contributed by atoms with Crippen LogP contribution >= 0.6 is 11.6 Å². The number of ether oxygens (including phenoxy) is 1. The minimum absolute atomic E-state index is 0.201. The summed E-state index contributed by atoms with van der Waals surface area (Å²) < 4.78 is 12.4. The highest BCUT2D eigenvalue weighted by molar-refractivity contribution is 6.35. The van der Waals surface area contributed by atoms with Gasteiger partial charge in [-0.15, -0.1) is 0 Å². The van der Waals surface area contributed by atoms with Crippen LogP contribution in [0.2, 0.25) is 5.02 Å². The van der Waals surface area contributed by atoms with Gasteiger partial charge in [0.15, 0.2) is 0 Å². The highest BCUT2D eigenvalue weighted by atomic mass is 35.5. The van der Waals surface area contributed by atoms with Crippen molar-refractivity contribution in [3.8, 4) is 5.88 Å². The Labute approximate surface area is 81.7 Å². The molecule has 0 atom stereocenters. The molecule has 66 valence electrons. The van der Waals surface area contributed by atoms with Gasteiger partial charge >= 0.3 is 0 Å². The second-order valence-corrected chi connectivity index (χ2v) is 2.84. The minimum Gasteiger partial charge on any atom is -0.481 e. The van der Waals surface area contributed by atoms with E-state index in [4.69, 9.17) is 17.7 Å². The molecule has 0 aliphatic heterocycles. The first-order chi connectivity index (χ1) is 6.72. The SMILES string of the molecule is [2H]c1cnc2cnc(OC)cc2c1Cl. The van der Waals surface area contributed by atoms with Crippen LogP contribution in [0.5, 0.6) is 5.88 Å². The topological polar surface area (TPSA) is 35.0 Å². The van der Waals surface area contributed by atoms with Crippen molar-refractivity contribution >= 4 is 22.5 Å². The molecule has 2 aromatic rings. The number of aromatic nitrogens is 2. The van der Waals surface area contributed by atoms with Crippen molar-refractivity contribution in [2.24, 2.45) is 0 Å². The zero-order valence-electron chi connectivity index (χ0n) is 7.91. The molecule has 2 heterocycles. The van der Waals surface area contributed by atoms with E-state index in [1.807, 2.05) is 0 Å². The molecule has 0 saturated heterocycles. The van der Waals surface area contributed by atoms with Crippen LogP contribution in [0.15, 0.2) is 24.5 Å². The number of hydrogen-bond donors (Lipinski definition) is 0. The van der Waals surface area contributed by atoms with E-state index in [-0.39, 0.29) is 6.04 Å². The molecule has 13 heavy (non-hydrogen) atoms. The molecule has 0 aliphatic rings. The van der Waals surface area contributed by atoms with Gasteiger partial charge < -0.3 is 4.74 Å². The molecule has 3 nitrogen and oxygen atoms in total. The van der Waals surface area contributed by atoms with Crippen molar-refractivity contribution in [1.82, 2.24) is 9.97 Å². The Hall–Kier alpha value is -1.35. The van der Waals surface area contributed by atoms with E-state index in [0.717, 1.165) is 0 Å². The molecule has 0 radical (unpaired) electrons. The Morgan fingerprint density at radius 1 is 1.54 bits per heavy atom. The van der Waals surface area contributed by atoms with Crippen LogP contribution in [0.3, 0.4) is 0 Å². The van der Waals surface area contributed by atoms with Gasteiger partial charge in [0.2, 0.25) is 5.88 Å². The fraction of sp³-hybridized carbons (Fsp3) is 0.111. The fourth-order valence-corrected chi connectivity index (χ4v) is 1.26. The van der Waals surface area contributed by atoms with Gasteiger partial charge in [0, 0.05) is 17.6 Å². The van der Waals surface area contributed by atoms with E-state index in [2.05, 4.69) is 9.97 Å². The third-order valence-corrected chi connectivity index (χ3v) is 2.01. The lowest BCUT2D eigenvalue weighted by Crippen LogP contribution is -1.88. The summed E-state index contributed by atoms with van der Waals surface area (Å²) in [7, 11) is 1.53. The lowest BCUT2D eigenvalue weighted by atomic mass is 10.2. The van der Waals surface area contributed by atoms with Crippen molar-refractivity contribution in [2.45, 2.75) is 0 Å². The van der Waals surface area contributed by atoms with Crippen LogP contribution in [0, 0.1) is 0 Å². The first kappa shape index (κ1) is 7.09. The number of nitrogens with zero attached hydrogens (tertiary/aromatic N) is 2. The Bertz CT molecular complexity index is 489. The smallest absolute Gasteiger partial charge is 0.213 e. The molecule has 0 unspecified atom stereocenters. The van der Waals surface area contributed by atoms with Crippen LogP contribution in [-0.4, -0.2) is 17.1 Å². The van der Waals surface area contributed by atoms with E-state index in [1.54, 1.807) is 12.3 Å². The zero-order valence-corrected chi connectivity index (χ0v) is 7.67.